The molecule has 64 heavy (non-hydrogen) atoms. The molecule has 2 aliphatic heterocycles. The highest BCUT2D eigenvalue weighted by Gasteiger charge is 2.71. The number of aryl methyl sites for hydroxylation is 2. The van der Waals surface area contributed by atoms with Crippen molar-refractivity contribution in [1.29, 1.82) is 0 Å². The fraction of sp³-hybridized carbons (Fsp3) is 0.535. The van der Waals surface area contributed by atoms with Crippen LogP contribution in [0.15, 0.2) is 77.6 Å². The van der Waals surface area contributed by atoms with Gasteiger partial charge in [0, 0.05) is 65.8 Å². The number of hydrogen-bond acceptors (Lipinski definition) is 8. The minimum absolute atomic E-state index is 0.0103. The van der Waals surface area contributed by atoms with Gasteiger partial charge in [-0.15, -0.1) is 0 Å². The van der Waals surface area contributed by atoms with Gasteiger partial charge < -0.3 is 19.8 Å². The van der Waals surface area contributed by atoms with Crippen LogP contribution in [0.2, 0.25) is 0 Å². The van der Waals surface area contributed by atoms with E-state index < -0.39 is 66.4 Å². The number of halogens is 5. The Hall–Kier alpha value is -4.73. The first-order valence-electron chi connectivity index (χ1n) is 21.4. The van der Waals surface area contributed by atoms with Crippen molar-refractivity contribution in [3.8, 4) is 0 Å². The van der Waals surface area contributed by atoms with E-state index in [-0.39, 0.29) is 51.1 Å². The van der Waals surface area contributed by atoms with Gasteiger partial charge in [0.1, 0.15) is 17.2 Å². The summed E-state index contributed by atoms with van der Waals surface area (Å²) in [4.78, 5) is 33.1. The molecule has 4 heterocycles. The Morgan fingerprint density at radius 1 is 0.672 bits per heavy atom. The molecule has 4 aromatic rings. The van der Waals surface area contributed by atoms with E-state index in [0.717, 1.165) is 56.7 Å². The number of aromatic nitrogens is 4. The molecular weight excluding hydrogens is 884 g/mol. The lowest BCUT2D eigenvalue weighted by molar-refractivity contribution is -0.137. The van der Waals surface area contributed by atoms with Crippen LogP contribution in [0.3, 0.4) is 0 Å². The summed E-state index contributed by atoms with van der Waals surface area (Å²) in [5, 5.41) is 5.52. The summed E-state index contributed by atoms with van der Waals surface area (Å²) in [6, 6.07) is 8.10. The molecule has 0 bridgehead atoms. The van der Waals surface area contributed by atoms with Crippen LogP contribution in [-0.2, 0) is 40.3 Å². The quantitative estimate of drug-likeness (QED) is 0.165. The Kier molecular flexibility index (Phi) is 11.1. The average molecular weight is 933 g/mol. The van der Waals surface area contributed by atoms with E-state index in [1.807, 2.05) is 0 Å². The molecule has 2 amide bonds. The lowest BCUT2D eigenvalue weighted by Crippen LogP contribution is -2.39. The smallest absolute Gasteiger partial charge is 0.351 e. The number of amides is 2. The van der Waals surface area contributed by atoms with Gasteiger partial charge in [0.2, 0.25) is 0 Å². The van der Waals surface area contributed by atoms with E-state index in [0.29, 0.717) is 44.6 Å². The van der Waals surface area contributed by atoms with Gasteiger partial charge in [-0.25, -0.2) is 35.6 Å². The maximum absolute atomic E-state index is 14.0. The first kappa shape index (κ1) is 44.5. The molecule has 14 nitrogen and oxygen atoms in total. The van der Waals surface area contributed by atoms with Gasteiger partial charge in [-0.2, -0.15) is 21.8 Å². The van der Waals surface area contributed by atoms with E-state index in [1.54, 1.807) is 23.2 Å². The van der Waals surface area contributed by atoms with Crippen LogP contribution >= 0.6 is 0 Å². The number of piperidine rings is 2. The molecule has 6 aliphatic rings. The zero-order chi connectivity index (χ0) is 45.6. The molecule has 4 saturated carbocycles. The maximum atomic E-state index is 14.0. The van der Waals surface area contributed by atoms with Crippen molar-refractivity contribution in [1.82, 2.24) is 38.3 Å². The van der Waals surface area contributed by atoms with Gasteiger partial charge in [-0.05, 0) is 83.4 Å². The summed E-state index contributed by atoms with van der Waals surface area (Å²) >= 11 is 0. The second-order valence-electron chi connectivity index (χ2n) is 18.6. The number of hydrogen-bond donors (Lipinski definition) is 2. The number of rotatable bonds is 14. The second kappa shape index (κ2) is 16.0. The van der Waals surface area contributed by atoms with E-state index in [2.05, 4.69) is 20.6 Å². The average Bonchev–Trinajstić information content (AvgIpc) is 4.20. The van der Waals surface area contributed by atoms with Crippen LogP contribution in [0.5, 0.6) is 0 Å². The molecule has 2 saturated heterocycles. The summed E-state index contributed by atoms with van der Waals surface area (Å²) in [6.07, 6.45) is 7.46. The Bertz CT molecular complexity index is 2660. The van der Waals surface area contributed by atoms with E-state index >= 15 is 0 Å². The molecule has 2 aromatic heterocycles. The normalized spacial score (nSPS) is 27.6. The van der Waals surface area contributed by atoms with E-state index in [9.17, 15) is 48.4 Å². The zero-order valence-corrected chi connectivity index (χ0v) is 36.8. The predicted molar refractivity (Wildman–Crippen MR) is 220 cm³/mol. The Morgan fingerprint density at radius 2 is 1.09 bits per heavy atom. The molecule has 4 aliphatic carbocycles. The number of sulfonamides is 2. The van der Waals surface area contributed by atoms with Crippen molar-refractivity contribution in [2.75, 3.05) is 39.3 Å². The van der Waals surface area contributed by atoms with Gasteiger partial charge in [0.15, 0.2) is 10.1 Å². The molecule has 4 unspecified atom stereocenters. The van der Waals surface area contributed by atoms with Crippen molar-refractivity contribution in [3.63, 3.8) is 0 Å². The number of fused-ring (bicyclic) bond motifs is 2. The summed E-state index contributed by atoms with van der Waals surface area (Å²) in [6.45, 7) is 1.97. The number of carbonyl (C=O) groups excluding carboxylic acids is 2. The molecule has 344 valence electrons. The van der Waals surface area contributed by atoms with Crippen LogP contribution in [-0.4, -0.2) is 95.6 Å². The number of nitrogens with zero attached hydrogens (tertiary/aromatic N) is 6. The molecule has 21 heteroatoms. The third kappa shape index (κ3) is 8.25. The number of carbonyl (C=O) groups is 2. The second-order valence-corrected chi connectivity index (χ2v) is 22.4. The number of alkyl halides is 3. The number of nitrogens with one attached hydrogen (secondary N) is 2. The van der Waals surface area contributed by atoms with E-state index in [1.165, 1.54) is 57.9 Å². The summed E-state index contributed by atoms with van der Waals surface area (Å²) < 4.78 is 126. The Balaban J connectivity index is 0.000000162. The van der Waals surface area contributed by atoms with Crippen molar-refractivity contribution in [2.24, 2.45) is 60.4 Å². The van der Waals surface area contributed by atoms with Crippen LogP contribution in [0.25, 0.3) is 0 Å². The van der Waals surface area contributed by atoms with Crippen molar-refractivity contribution in [2.45, 2.75) is 54.8 Å². The third-order valence-corrected chi connectivity index (χ3v) is 17.9. The van der Waals surface area contributed by atoms with E-state index in [4.69, 9.17) is 0 Å². The first-order chi connectivity index (χ1) is 30.2. The minimum Gasteiger partial charge on any atom is -0.351 e. The predicted octanol–water partition coefficient (Wildman–Crippen LogP) is 5.07. The van der Waals surface area contributed by atoms with Crippen LogP contribution in [0, 0.1) is 58.0 Å². The van der Waals surface area contributed by atoms with Gasteiger partial charge in [0.05, 0.1) is 23.8 Å². The molecule has 0 radical (unpaired) electrons. The van der Waals surface area contributed by atoms with Gasteiger partial charge in [0.25, 0.3) is 31.9 Å². The lowest BCUT2D eigenvalue weighted by atomic mass is 9.92. The first-order valence-corrected chi connectivity index (χ1v) is 24.3. The summed E-state index contributed by atoms with van der Waals surface area (Å²) in [5.74, 6) is -1.78. The molecule has 0 spiro atoms. The lowest BCUT2D eigenvalue weighted by Gasteiger charge is -2.26. The highest BCUT2D eigenvalue weighted by Crippen LogP contribution is 2.68. The highest BCUT2D eigenvalue weighted by molar-refractivity contribution is 7.89. The standard InChI is InChI=1S/C22H25F3N4O3S.C21H24F2N4O3S/c1-28-11-19(27-13-28)33(31,32)29-9-17-18(10-29)21(17,8-14-6-7-14)12-26-20(30)15-4-2-3-5-16(15)22(23,24)25;1-26-10-18(25-12-26)31(29,30)27-8-14-15(9-27)21(14,7-13-5-6-13)11-24-20(28)19-16(22)3-2-4-17(19)23/h2-5,11,13-14,17-18H,6-10,12H2,1H3,(H,26,30);2-4,10,12-15H,5-9,11H2,1H3,(H,24,28). The molecule has 4 atom stereocenters. The maximum Gasteiger partial charge on any atom is 0.417 e. The third-order valence-electron chi connectivity index (χ3n) is 14.4. The van der Waals surface area contributed by atoms with Gasteiger partial charge in [-0.3, -0.25) is 9.59 Å². The molecule has 2 aromatic carbocycles. The van der Waals surface area contributed by atoms with Crippen LogP contribution in [0.1, 0.15) is 64.8 Å². The monoisotopic (exact) mass is 932 g/mol. The fourth-order valence-corrected chi connectivity index (χ4v) is 13.5. The molecular formula is C43H49F5N8O6S2. The van der Waals surface area contributed by atoms with Crippen molar-refractivity contribution in [3.05, 3.63) is 95.8 Å². The zero-order valence-electron chi connectivity index (χ0n) is 35.1. The molecule has 6 fully saturated rings. The van der Waals surface area contributed by atoms with Crippen molar-refractivity contribution >= 4 is 31.9 Å². The largest absolute Gasteiger partial charge is 0.417 e. The minimum atomic E-state index is -4.62. The SMILES string of the molecule is Cn1cnc(S(=O)(=O)N2CC3C(C2)C3(CNC(=O)c2c(F)cccc2F)CC2CC2)c1.Cn1cnc(S(=O)(=O)N2CC3C(C2)C3(CNC(=O)c2ccccc2C(F)(F)F)CC2CC2)c1. The fourth-order valence-electron chi connectivity index (χ4n) is 10.6. The molecule has 2 N–H and O–H groups in total. The number of imidazole rings is 2. The van der Waals surface area contributed by atoms with Crippen LogP contribution in [0.4, 0.5) is 22.0 Å². The van der Waals surface area contributed by atoms with Crippen LogP contribution < -0.4 is 10.6 Å². The number of benzene rings is 2. The van der Waals surface area contributed by atoms with Gasteiger partial charge >= 0.3 is 6.18 Å². The summed E-state index contributed by atoms with van der Waals surface area (Å²) in [7, 11) is -3.93. The Labute approximate surface area is 367 Å². The van der Waals surface area contributed by atoms with Gasteiger partial charge in [-0.1, -0.05) is 43.9 Å². The highest BCUT2D eigenvalue weighted by atomic mass is 32.2. The molecule has 10 rings (SSSR count). The Morgan fingerprint density at radius 3 is 1.48 bits per heavy atom. The summed E-state index contributed by atoms with van der Waals surface area (Å²) in [5.41, 5.74) is -2.40. The topological polar surface area (TPSA) is 169 Å². The van der Waals surface area contributed by atoms with Crippen molar-refractivity contribution < 1.29 is 48.4 Å².